The predicted molar refractivity (Wildman–Crippen MR) is 66.3 cm³/mol. The Hall–Kier alpha value is -1.62. The number of rotatable bonds is 2. The lowest BCUT2D eigenvalue weighted by Gasteiger charge is -2.14. The van der Waals surface area contributed by atoms with Gasteiger partial charge < -0.3 is 0 Å². The summed E-state index contributed by atoms with van der Waals surface area (Å²) in [6, 6.07) is 6.48. The van der Waals surface area contributed by atoms with Crippen LogP contribution in [-0.2, 0) is 9.59 Å². The SMILES string of the molecule is CC(=O)c1cccc(N2C(=O)CC(S)C2=O)c1. The normalized spacial score (nSPS) is 19.9. The number of amides is 2. The first-order valence-corrected chi connectivity index (χ1v) is 5.68. The maximum atomic E-state index is 11.7. The molecule has 5 heteroatoms. The van der Waals surface area contributed by atoms with Gasteiger partial charge in [-0.05, 0) is 19.1 Å². The third-order valence-electron chi connectivity index (χ3n) is 2.63. The van der Waals surface area contributed by atoms with E-state index in [0.29, 0.717) is 11.3 Å². The van der Waals surface area contributed by atoms with Crippen LogP contribution in [0, 0.1) is 0 Å². The van der Waals surface area contributed by atoms with E-state index < -0.39 is 5.25 Å². The highest BCUT2D eigenvalue weighted by atomic mass is 32.1. The first kappa shape index (κ1) is 11.9. The minimum Gasteiger partial charge on any atom is -0.295 e. The maximum absolute atomic E-state index is 11.7. The summed E-state index contributed by atoms with van der Waals surface area (Å²) in [5.74, 6) is -0.719. The van der Waals surface area contributed by atoms with Gasteiger partial charge in [0.05, 0.1) is 10.9 Å². The zero-order valence-corrected chi connectivity index (χ0v) is 10.1. The summed E-state index contributed by atoms with van der Waals surface area (Å²) < 4.78 is 0. The predicted octanol–water partition coefficient (Wildman–Crippen LogP) is 1.45. The van der Waals surface area contributed by atoms with Crippen molar-refractivity contribution in [3.8, 4) is 0 Å². The van der Waals surface area contributed by atoms with Crippen molar-refractivity contribution < 1.29 is 14.4 Å². The smallest absolute Gasteiger partial charge is 0.247 e. The number of benzene rings is 1. The van der Waals surface area contributed by atoms with E-state index in [-0.39, 0.29) is 24.0 Å². The average Bonchev–Trinajstić information content (AvgIpc) is 2.53. The van der Waals surface area contributed by atoms with Crippen LogP contribution in [0.3, 0.4) is 0 Å². The van der Waals surface area contributed by atoms with Crippen LogP contribution in [-0.4, -0.2) is 22.8 Å². The number of imide groups is 1. The molecule has 0 aromatic heterocycles. The highest BCUT2D eigenvalue weighted by Gasteiger charge is 2.37. The fraction of sp³-hybridized carbons (Fsp3) is 0.250. The van der Waals surface area contributed by atoms with Gasteiger partial charge in [-0.2, -0.15) is 12.6 Å². The number of thiol groups is 1. The molecular formula is C12H11NO3S. The van der Waals surface area contributed by atoms with Gasteiger partial charge in [0.15, 0.2) is 5.78 Å². The third kappa shape index (κ3) is 2.10. The van der Waals surface area contributed by atoms with Gasteiger partial charge in [0.2, 0.25) is 11.8 Å². The lowest BCUT2D eigenvalue weighted by molar-refractivity contribution is -0.121. The minimum atomic E-state index is -0.580. The molecule has 4 nitrogen and oxygen atoms in total. The Morgan fingerprint density at radius 3 is 2.65 bits per heavy atom. The number of carbonyl (C=O) groups excluding carboxylic acids is 3. The van der Waals surface area contributed by atoms with Crippen molar-refractivity contribution in [1.82, 2.24) is 0 Å². The van der Waals surface area contributed by atoms with Crippen LogP contribution in [0.25, 0.3) is 0 Å². The van der Waals surface area contributed by atoms with E-state index in [0.717, 1.165) is 4.90 Å². The van der Waals surface area contributed by atoms with Gasteiger partial charge in [-0.3, -0.25) is 14.4 Å². The number of hydrogen-bond acceptors (Lipinski definition) is 4. The van der Waals surface area contributed by atoms with Gasteiger partial charge in [0, 0.05) is 12.0 Å². The van der Waals surface area contributed by atoms with E-state index in [1.807, 2.05) is 0 Å². The minimum absolute atomic E-state index is 0.103. The Kier molecular flexibility index (Phi) is 3.02. The molecule has 0 bridgehead atoms. The summed E-state index contributed by atoms with van der Waals surface area (Å²) in [4.78, 5) is 35.7. The lowest BCUT2D eigenvalue weighted by atomic mass is 10.1. The van der Waals surface area contributed by atoms with Gasteiger partial charge in [0.1, 0.15) is 0 Å². The van der Waals surface area contributed by atoms with Crippen LogP contribution in [0.2, 0.25) is 0 Å². The van der Waals surface area contributed by atoms with Crippen LogP contribution in [0.1, 0.15) is 23.7 Å². The van der Waals surface area contributed by atoms with E-state index in [1.54, 1.807) is 24.3 Å². The Balaban J connectivity index is 2.40. The van der Waals surface area contributed by atoms with Crippen LogP contribution < -0.4 is 4.90 Å². The molecule has 0 N–H and O–H groups in total. The standard InChI is InChI=1S/C12H11NO3S/c1-7(14)8-3-2-4-9(5-8)13-11(15)6-10(17)12(13)16/h2-5,10,17H,6H2,1H3. The molecule has 1 aromatic rings. The van der Waals surface area contributed by atoms with Crippen molar-refractivity contribution in [3.05, 3.63) is 29.8 Å². The van der Waals surface area contributed by atoms with E-state index in [4.69, 9.17) is 0 Å². The molecule has 1 aliphatic heterocycles. The second-order valence-corrected chi connectivity index (χ2v) is 4.52. The van der Waals surface area contributed by atoms with Gasteiger partial charge in [-0.25, -0.2) is 4.90 Å². The van der Waals surface area contributed by atoms with Crippen molar-refractivity contribution in [3.63, 3.8) is 0 Å². The number of Topliss-reactive ketones (excluding diaryl/α,β-unsaturated/α-hetero) is 1. The molecule has 0 aliphatic carbocycles. The molecule has 1 aliphatic rings. The van der Waals surface area contributed by atoms with Gasteiger partial charge >= 0.3 is 0 Å². The molecule has 1 fully saturated rings. The van der Waals surface area contributed by atoms with E-state index in [2.05, 4.69) is 12.6 Å². The molecule has 1 aromatic carbocycles. The Bertz CT molecular complexity index is 512. The van der Waals surface area contributed by atoms with E-state index >= 15 is 0 Å². The lowest BCUT2D eigenvalue weighted by Crippen LogP contribution is -2.30. The second-order valence-electron chi connectivity index (χ2n) is 3.89. The highest BCUT2D eigenvalue weighted by Crippen LogP contribution is 2.26. The summed E-state index contributed by atoms with van der Waals surface area (Å²) in [6.07, 6.45) is 0.103. The molecule has 2 rings (SSSR count). The van der Waals surface area contributed by atoms with Crippen molar-refractivity contribution in [2.75, 3.05) is 4.90 Å². The number of nitrogens with zero attached hydrogens (tertiary/aromatic N) is 1. The van der Waals surface area contributed by atoms with Crippen molar-refractivity contribution in [2.45, 2.75) is 18.6 Å². The molecule has 17 heavy (non-hydrogen) atoms. The van der Waals surface area contributed by atoms with Crippen molar-refractivity contribution in [2.24, 2.45) is 0 Å². The van der Waals surface area contributed by atoms with E-state index in [9.17, 15) is 14.4 Å². The zero-order valence-electron chi connectivity index (χ0n) is 9.21. The van der Waals surface area contributed by atoms with Crippen molar-refractivity contribution >= 4 is 35.9 Å². The molecule has 88 valence electrons. The summed E-state index contributed by atoms with van der Waals surface area (Å²) in [5, 5.41) is -0.580. The largest absolute Gasteiger partial charge is 0.295 e. The first-order chi connectivity index (χ1) is 8.00. The van der Waals surface area contributed by atoms with Crippen LogP contribution in [0.15, 0.2) is 24.3 Å². The Labute approximate surface area is 104 Å². The highest BCUT2D eigenvalue weighted by molar-refractivity contribution is 7.82. The molecule has 1 unspecified atom stereocenters. The number of carbonyl (C=O) groups is 3. The van der Waals surface area contributed by atoms with Gasteiger partial charge in [-0.1, -0.05) is 12.1 Å². The fourth-order valence-electron chi connectivity index (χ4n) is 1.75. The fourth-order valence-corrected chi connectivity index (χ4v) is 2.02. The molecule has 1 heterocycles. The molecule has 2 amide bonds. The first-order valence-electron chi connectivity index (χ1n) is 5.16. The van der Waals surface area contributed by atoms with E-state index in [1.165, 1.54) is 6.92 Å². The maximum Gasteiger partial charge on any atom is 0.247 e. The van der Waals surface area contributed by atoms with Crippen LogP contribution in [0.4, 0.5) is 5.69 Å². The zero-order chi connectivity index (χ0) is 12.6. The summed E-state index contributed by atoms with van der Waals surface area (Å²) >= 11 is 4.04. The summed E-state index contributed by atoms with van der Waals surface area (Å²) in [5.41, 5.74) is 0.912. The number of anilines is 1. The molecule has 1 atom stereocenters. The number of ketones is 1. The van der Waals surface area contributed by atoms with Crippen LogP contribution >= 0.6 is 12.6 Å². The van der Waals surface area contributed by atoms with Crippen LogP contribution in [0.5, 0.6) is 0 Å². The molecule has 0 saturated carbocycles. The Morgan fingerprint density at radius 2 is 2.12 bits per heavy atom. The van der Waals surface area contributed by atoms with Crippen molar-refractivity contribution in [1.29, 1.82) is 0 Å². The summed E-state index contributed by atoms with van der Waals surface area (Å²) in [6.45, 7) is 1.44. The van der Waals surface area contributed by atoms with Gasteiger partial charge in [0.25, 0.3) is 0 Å². The molecule has 0 radical (unpaired) electrons. The molecule has 0 spiro atoms. The molecular weight excluding hydrogens is 238 g/mol. The number of hydrogen-bond donors (Lipinski definition) is 1. The monoisotopic (exact) mass is 249 g/mol. The second kappa shape index (κ2) is 4.33. The molecule has 1 saturated heterocycles. The van der Waals surface area contributed by atoms with Gasteiger partial charge in [-0.15, -0.1) is 0 Å². The quantitative estimate of drug-likeness (QED) is 0.490. The topological polar surface area (TPSA) is 54.5 Å². The summed E-state index contributed by atoms with van der Waals surface area (Å²) in [7, 11) is 0. The average molecular weight is 249 g/mol. The Morgan fingerprint density at radius 1 is 1.41 bits per heavy atom. The third-order valence-corrected chi connectivity index (χ3v) is 3.04.